The normalized spacial score (nSPS) is 10.2. The fourth-order valence-corrected chi connectivity index (χ4v) is 2.51. The average Bonchev–Trinajstić information content (AvgIpc) is 2.66. The van der Waals surface area contributed by atoms with Crippen LogP contribution in [0.15, 0.2) is 59.4 Å². The van der Waals surface area contributed by atoms with E-state index < -0.39 is 5.56 Å². The minimum atomic E-state index is -0.499. The zero-order valence-electron chi connectivity index (χ0n) is 13.8. The Kier molecular flexibility index (Phi) is 4.91. The van der Waals surface area contributed by atoms with E-state index in [0.717, 1.165) is 12.0 Å². The Morgan fingerprint density at radius 3 is 2.60 bits per heavy atom. The molecule has 0 fully saturated rings. The Morgan fingerprint density at radius 2 is 1.88 bits per heavy atom. The summed E-state index contributed by atoms with van der Waals surface area (Å²) >= 11 is 0. The van der Waals surface area contributed by atoms with Gasteiger partial charge in [0.25, 0.3) is 17.3 Å². The summed E-state index contributed by atoms with van der Waals surface area (Å²) in [7, 11) is 0. The first-order valence-corrected chi connectivity index (χ1v) is 7.99. The van der Waals surface area contributed by atoms with Crippen molar-refractivity contribution in [3.63, 3.8) is 0 Å². The van der Waals surface area contributed by atoms with Gasteiger partial charge < -0.3 is 4.74 Å². The average molecular weight is 331 g/mol. The fourth-order valence-electron chi connectivity index (χ4n) is 2.51. The molecule has 1 N–H and O–H groups in total. The van der Waals surface area contributed by atoms with Crippen molar-refractivity contribution < 1.29 is 4.74 Å². The Morgan fingerprint density at radius 1 is 1.12 bits per heavy atom. The lowest BCUT2D eigenvalue weighted by atomic mass is 10.1. The van der Waals surface area contributed by atoms with E-state index in [1.165, 1.54) is 5.56 Å². The summed E-state index contributed by atoms with van der Waals surface area (Å²) in [5, 5.41) is 0. The van der Waals surface area contributed by atoms with Crippen molar-refractivity contribution in [1.29, 1.82) is 0 Å². The Balaban J connectivity index is 1.91. The van der Waals surface area contributed by atoms with Gasteiger partial charge in [0.15, 0.2) is 0 Å². The van der Waals surface area contributed by atoms with E-state index in [4.69, 9.17) is 11.3 Å². The van der Waals surface area contributed by atoms with Crippen LogP contribution < -0.4 is 10.3 Å². The molecule has 0 radical (unpaired) electrons. The molecule has 0 saturated heterocycles. The van der Waals surface area contributed by atoms with E-state index in [0.29, 0.717) is 17.9 Å². The van der Waals surface area contributed by atoms with E-state index in [1.807, 2.05) is 42.5 Å². The van der Waals surface area contributed by atoms with E-state index in [9.17, 15) is 4.79 Å². The predicted molar refractivity (Wildman–Crippen MR) is 96.7 cm³/mol. The molecule has 1 heterocycles. The summed E-state index contributed by atoms with van der Waals surface area (Å²) in [5.74, 6) is 0. The minimum Gasteiger partial charge on any atom is -0.460 e. The maximum atomic E-state index is 12.2. The van der Waals surface area contributed by atoms with Crippen LogP contribution in [0.3, 0.4) is 0 Å². The molecule has 0 aliphatic rings. The van der Waals surface area contributed by atoms with Crippen molar-refractivity contribution in [3.05, 3.63) is 87.5 Å². The summed E-state index contributed by atoms with van der Waals surface area (Å²) < 4.78 is 5.66. The van der Waals surface area contributed by atoms with Gasteiger partial charge in [0.2, 0.25) is 0 Å². The zero-order valence-corrected chi connectivity index (χ0v) is 13.8. The van der Waals surface area contributed by atoms with Crippen LogP contribution in [-0.4, -0.2) is 9.97 Å². The molecule has 3 aromatic rings. The quantitative estimate of drug-likeness (QED) is 0.715. The Labute approximate surface area is 145 Å². The third-order valence-electron chi connectivity index (χ3n) is 3.81. The zero-order chi connectivity index (χ0) is 17.6. The summed E-state index contributed by atoms with van der Waals surface area (Å²) in [4.78, 5) is 22.4. The van der Waals surface area contributed by atoms with Crippen LogP contribution >= 0.6 is 0 Å². The molecule has 0 saturated carbocycles. The van der Waals surface area contributed by atoms with E-state index >= 15 is 0 Å². The van der Waals surface area contributed by atoms with Crippen LogP contribution in [0.1, 0.15) is 18.1 Å². The first kappa shape index (κ1) is 16.5. The molecule has 124 valence electrons. The Bertz CT molecular complexity index is 972. The molecule has 0 bridgehead atoms. The number of aryl methyl sites for hydroxylation is 1. The molecule has 0 unspecified atom stereocenters. The SMILES string of the molecule is [C-]#[N+]c1c(-c2ccccc2)nc(OCc2cccc(CC)c2)[nH]c1=O. The monoisotopic (exact) mass is 331 g/mol. The van der Waals surface area contributed by atoms with Gasteiger partial charge in [-0.15, -0.1) is 0 Å². The molecule has 0 aliphatic heterocycles. The van der Waals surface area contributed by atoms with E-state index in [1.54, 1.807) is 0 Å². The van der Waals surface area contributed by atoms with Gasteiger partial charge in [0, 0.05) is 0 Å². The highest BCUT2D eigenvalue weighted by molar-refractivity contribution is 5.74. The van der Waals surface area contributed by atoms with Crippen molar-refractivity contribution >= 4 is 5.69 Å². The fraction of sp³-hybridized carbons (Fsp3) is 0.150. The van der Waals surface area contributed by atoms with Crippen LogP contribution in [0.4, 0.5) is 5.69 Å². The molecule has 0 spiro atoms. The van der Waals surface area contributed by atoms with Crippen LogP contribution in [0.2, 0.25) is 0 Å². The molecule has 2 aromatic carbocycles. The molecule has 5 nitrogen and oxygen atoms in total. The number of aromatic amines is 1. The van der Waals surface area contributed by atoms with Crippen molar-refractivity contribution in [3.8, 4) is 17.3 Å². The predicted octanol–water partition coefficient (Wildman–Crippen LogP) is 4.13. The number of rotatable bonds is 5. The number of nitrogens with one attached hydrogen (secondary N) is 1. The number of ether oxygens (including phenoxy) is 1. The van der Waals surface area contributed by atoms with Crippen LogP contribution in [0, 0.1) is 6.57 Å². The van der Waals surface area contributed by atoms with Crippen LogP contribution in [0.5, 0.6) is 6.01 Å². The lowest BCUT2D eigenvalue weighted by molar-refractivity contribution is 0.280. The standard InChI is InChI=1S/C20H17N3O2/c1-3-14-8-7-9-15(12-14)13-25-20-22-17(16-10-5-4-6-11-16)18(21-2)19(24)23-20/h4-12H,3,13H2,1H3,(H,22,23,24). The maximum absolute atomic E-state index is 12.2. The molecule has 5 heteroatoms. The van der Waals surface area contributed by atoms with Gasteiger partial charge in [-0.05, 0) is 23.1 Å². The van der Waals surface area contributed by atoms with Crippen molar-refractivity contribution in [1.82, 2.24) is 9.97 Å². The van der Waals surface area contributed by atoms with E-state index in [2.05, 4.69) is 33.9 Å². The van der Waals surface area contributed by atoms with Crippen molar-refractivity contribution in [2.75, 3.05) is 0 Å². The van der Waals surface area contributed by atoms with Gasteiger partial charge >= 0.3 is 0 Å². The number of hydrogen-bond donors (Lipinski definition) is 1. The first-order chi connectivity index (χ1) is 12.2. The highest BCUT2D eigenvalue weighted by Gasteiger charge is 2.14. The largest absolute Gasteiger partial charge is 0.460 e. The van der Waals surface area contributed by atoms with Gasteiger partial charge in [-0.25, -0.2) is 9.83 Å². The molecule has 0 aliphatic carbocycles. The van der Waals surface area contributed by atoms with Crippen LogP contribution in [-0.2, 0) is 13.0 Å². The third kappa shape index (κ3) is 3.75. The molecule has 0 amide bonds. The second-order valence-electron chi connectivity index (χ2n) is 5.51. The lowest BCUT2D eigenvalue weighted by Crippen LogP contribution is -2.11. The highest BCUT2D eigenvalue weighted by Crippen LogP contribution is 2.26. The van der Waals surface area contributed by atoms with Gasteiger partial charge in [-0.1, -0.05) is 61.5 Å². The number of nitrogens with zero attached hydrogens (tertiary/aromatic N) is 2. The molecule has 3 rings (SSSR count). The molecule has 25 heavy (non-hydrogen) atoms. The van der Waals surface area contributed by atoms with Crippen LogP contribution in [0.25, 0.3) is 16.1 Å². The minimum absolute atomic E-state index is 0.0356. The molecule has 0 atom stereocenters. The van der Waals surface area contributed by atoms with Crippen molar-refractivity contribution in [2.24, 2.45) is 0 Å². The molecular formula is C20H17N3O2. The summed E-state index contributed by atoms with van der Waals surface area (Å²) in [6.45, 7) is 9.64. The Hall–Kier alpha value is -3.39. The first-order valence-electron chi connectivity index (χ1n) is 7.99. The molecule has 1 aromatic heterocycles. The number of benzene rings is 2. The maximum Gasteiger partial charge on any atom is 0.295 e. The number of aromatic nitrogens is 2. The summed E-state index contributed by atoms with van der Waals surface area (Å²) in [6, 6.07) is 17.3. The van der Waals surface area contributed by atoms with Gasteiger partial charge in [0.1, 0.15) is 6.61 Å². The topological polar surface area (TPSA) is 59.3 Å². The molecular weight excluding hydrogens is 314 g/mol. The summed E-state index contributed by atoms with van der Waals surface area (Å²) in [6.07, 6.45) is 0.945. The third-order valence-corrected chi connectivity index (χ3v) is 3.81. The van der Waals surface area contributed by atoms with Gasteiger partial charge in [-0.3, -0.25) is 9.78 Å². The second-order valence-corrected chi connectivity index (χ2v) is 5.51. The smallest absolute Gasteiger partial charge is 0.295 e. The van der Waals surface area contributed by atoms with Crippen molar-refractivity contribution in [2.45, 2.75) is 20.0 Å². The van der Waals surface area contributed by atoms with Gasteiger partial charge in [-0.2, -0.15) is 0 Å². The lowest BCUT2D eigenvalue weighted by Gasteiger charge is -2.09. The summed E-state index contributed by atoms with van der Waals surface area (Å²) in [5.41, 5.74) is 2.72. The second kappa shape index (κ2) is 7.45. The van der Waals surface area contributed by atoms with Gasteiger partial charge in [0.05, 0.1) is 12.3 Å². The van der Waals surface area contributed by atoms with E-state index in [-0.39, 0.29) is 11.7 Å². The number of hydrogen-bond acceptors (Lipinski definition) is 3. The highest BCUT2D eigenvalue weighted by atomic mass is 16.5. The number of H-pyrrole nitrogens is 1.